The highest BCUT2D eigenvalue weighted by molar-refractivity contribution is 6.31. The van der Waals surface area contributed by atoms with E-state index in [1.165, 1.54) is 25.3 Å². The predicted molar refractivity (Wildman–Crippen MR) is 86.3 cm³/mol. The zero-order chi connectivity index (χ0) is 16.1. The molecule has 22 heavy (non-hydrogen) atoms. The van der Waals surface area contributed by atoms with Gasteiger partial charge in [-0.05, 0) is 36.8 Å². The summed E-state index contributed by atoms with van der Waals surface area (Å²) in [6, 6.07) is 9.21. The molecule has 0 radical (unpaired) electrons. The Labute approximate surface area is 133 Å². The van der Waals surface area contributed by atoms with Crippen molar-refractivity contribution in [2.75, 3.05) is 24.3 Å². The highest BCUT2D eigenvalue weighted by atomic mass is 35.5. The van der Waals surface area contributed by atoms with Crippen molar-refractivity contribution >= 4 is 28.9 Å². The average molecular weight is 323 g/mol. The van der Waals surface area contributed by atoms with Gasteiger partial charge in [0.2, 0.25) is 5.91 Å². The highest BCUT2D eigenvalue weighted by Gasteiger charge is 2.09. The molecule has 2 aromatic rings. The molecule has 0 fully saturated rings. The molecule has 0 aliphatic heterocycles. The van der Waals surface area contributed by atoms with Gasteiger partial charge in [0.1, 0.15) is 11.6 Å². The molecule has 0 bridgehead atoms. The van der Waals surface area contributed by atoms with Crippen LogP contribution in [0.2, 0.25) is 5.02 Å². The number of benzene rings is 2. The number of rotatable bonds is 5. The summed E-state index contributed by atoms with van der Waals surface area (Å²) < 4.78 is 18.3. The largest absolute Gasteiger partial charge is 0.495 e. The lowest BCUT2D eigenvalue weighted by Crippen LogP contribution is -2.22. The van der Waals surface area contributed by atoms with Crippen molar-refractivity contribution in [3.05, 3.63) is 52.8 Å². The number of amides is 1. The van der Waals surface area contributed by atoms with Crippen molar-refractivity contribution in [3.8, 4) is 5.75 Å². The Morgan fingerprint density at radius 3 is 2.77 bits per heavy atom. The van der Waals surface area contributed by atoms with Gasteiger partial charge in [0.15, 0.2) is 0 Å². The fourth-order valence-corrected chi connectivity index (χ4v) is 2.07. The summed E-state index contributed by atoms with van der Waals surface area (Å²) in [5.41, 5.74) is 1.94. The zero-order valence-corrected chi connectivity index (χ0v) is 13.0. The molecule has 0 aromatic heterocycles. The van der Waals surface area contributed by atoms with E-state index < -0.39 is 5.82 Å². The number of ether oxygens (including phenoxy) is 1. The van der Waals surface area contributed by atoms with Gasteiger partial charge >= 0.3 is 0 Å². The molecule has 0 atom stereocenters. The molecular formula is C16H16ClFN2O2. The molecule has 0 unspecified atom stereocenters. The van der Waals surface area contributed by atoms with Crippen molar-refractivity contribution in [2.24, 2.45) is 0 Å². The molecular weight excluding hydrogens is 307 g/mol. The summed E-state index contributed by atoms with van der Waals surface area (Å²) in [7, 11) is 1.53. The summed E-state index contributed by atoms with van der Waals surface area (Å²) in [5, 5.41) is 6.18. The Morgan fingerprint density at radius 1 is 1.32 bits per heavy atom. The Morgan fingerprint density at radius 2 is 2.09 bits per heavy atom. The SMILES string of the molecule is COc1cc(Cl)c(C)cc1NCC(=O)Nc1cccc(F)c1. The second-order valence-electron chi connectivity index (χ2n) is 4.71. The smallest absolute Gasteiger partial charge is 0.243 e. The van der Waals surface area contributed by atoms with Crippen molar-refractivity contribution in [1.29, 1.82) is 0 Å². The molecule has 0 aliphatic carbocycles. The van der Waals surface area contributed by atoms with Crippen LogP contribution in [-0.2, 0) is 4.79 Å². The van der Waals surface area contributed by atoms with Crippen LogP contribution in [0, 0.1) is 12.7 Å². The minimum atomic E-state index is -0.402. The van der Waals surface area contributed by atoms with Crippen LogP contribution in [0.1, 0.15) is 5.56 Å². The van der Waals surface area contributed by atoms with Crippen molar-refractivity contribution in [2.45, 2.75) is 6.92 Å². The summed E-state index contributed by atoms with van der Waals surface area (Å²) in [6.07, 6.45) is 0. The van der Waals surface area contributed by atoms with E-state index in [2.05, 4.69) is 10.6 Å². The van der Waals surface area contributed by atoms with Crippen molar-refractivity contribution in [1.82, 2.24) is 0 Å². The van der Waals surface area contributed by atoms with Crippen LogP contribution >= 0.6 is 11.6 Å². The predicted octanol–water partition coefficient (Wildman–Crippen LogP) is 3.85. The third-order valence-corrected chi connectivity index (χ3v) is 3.44. The van der Waals surface area contributed by atoms with Gasteiger partial charge in [0, 0.05) is 16.8 Å². The molecule has 116 valence electrons. The number of hydrogen-bond donors (Lipinski definition) is 2. The van der Waals surface area contributed by atoms with Gasteiger partial charge in [-0.2, -0.15) is 0 Å². The summed E-state index contributed by atoms with van der Waals surface area (Å²) in [6.45, 7) is 1.88. The maximum atomic E-state index is 13.1. The standard InChI is InChI=1S/C16H16ClFN2O2/c1-10-6-14(15(22-2)8-13(10)17)19-9-16(21)20-12-5-3-4-11(18)7-12/h3-8,19H,9H2,1-2H3,(H,20,21). The van der Waals surface area contributed by atoms with Crippen molar-refractivity contribution in [3.63, 3.8) is 0 Å². The van der Waals surface area contributed by atoms with E-state index in [1.807, 2.05) is 6.92 Å². The third kappa shape index (κ3) is 4.11. The van der Waals surface area contributed by atoms with E-state index >= 15 is 0 Å². The van der Waals surface area contributed by atoms with E-state index in [1.54, 1.807) is 18.2 Å². The molecule has 2 N–H and O–H groups in total. The molecule has 0 heterocycles. The van der Waals surface area contributed by atoms with E-state index in [-0.39, 0.29) is 12.5 Å². The van der Waals surface area contributed by atoms with Crippen LogP contribution in [0.4, 0.5) is 15.8 Å². The fourth-order valence-electron chi connectivity index (χ4n) is 1.92. The molecule has 1 amide bonds. The number of methoxy groups -OCH3 is 1. The Hall–Kier alpha value is -2.27. The van der Waals surface area contributed by atoms with Gasteiger partial charge in [-0.25, -0.2) is 4.39 Å². The highest BCUT2D eigenvalue weighted by Crippen LogP contribution is 2.30. The second kappa shape index (κ2) is 7.13. The first-order chi connectivity index (χ1) is 10.5. The summed E-state index contributed by atoms with van der Waals surface area (Å²) in [4.78, 5) is 11.9. The fraction of sp³-hybridized carbons (Fsp3) is 0.188. The van der Waals surface area contributed by atoms with Crippen LogP contribution in [-0.4, -0.2) is 19.6 Å². The Kier molecular flexibility index (Phi) is 5.22. The van der Waals surface area contributed by atoms with E-state index in [0.29, 0.717) is 22.1 Å². The van der Waals surface area contributed by atoms with Gasteiger partial charge in [0.25, 0.3) is 0 Å². The first kappa shape index (κ1) is 16.1. The van der Waals surface area contributed by atoms with Gasteiger partial charge in [-0.1, -0.05) is 17.7 Å². The van der Waals surface area contributed by atoms with Crippen LogP contribution < -0.4 is 15.4 Å². The molecule has 0 saturated carbocycles. The quantitative estimate of drug-likeness (QED) is 0.879. The number of carbonyl (C=O) groups is 1. The summed E-state index contributed by atoms with van der Waals surface area (Å²) in [5.74, 6) is -0.143. The topological polar surface area (TPSA) is 50.4 Å². The third-order valence-electron chi connectivity index (χ3n) is 3.03. The average Bonchev–Trinajstić information content (AvgIpc) is 2.48. The maximum absolute atomic E-state index is 13.1. The van der Waals surface area contributed by atoms with E-state index in [9.17, 15) is 9.18 Å². The van der Waals surface area contributed by atoms with E-state index in [0.717, 1.165) is 5.56 Å². The van der Waals surface area contributed by atoms with Crippen LogP contribution in [0.15, 0.2) is 36.4 Å². The Bertz CT molecular complexity index is 692. The minimum Gasteiger partial charge on any atom is -0.495 e. The van der Waals surface area contributed by atoms with Gasteiger partial charge in [0.05, 0.1) is 19.3 Å². The van der Waals surface area contributed by atoms with Crippen LogP contribution in [0.25, 0.3) is 0 Å². The lowest BCUT2D eigenvalue weighted by molar-refractivity contribution is -0.114. The minimum absolute atomic E-state index is 0.0218. The number of carbonyl (C=O) groups excluding carboxylic acids is 1. The first-order valence-corrected chi connectivity index (χ1v) is 7.01. The van der Waals surface area contributed by atoms with Gasteiger partial charge in [-0.3, -0.25) is 4.79 Å². The monoisotopic (exact) mass is 322 g/mol. The molecule has 0 saturated heterocycles. The van der Waals surface area contributed by atoms with Crippen LogP contribution in [0.5, 0.6) is 5.75 Å². The molecule has 6 heteroatoms. The Balaban J connectivity index is 2.01. The lowest BCUT2D eigenvalue weighted by atomic mass is 10.2. The van der Waals surface area contributed by atoms with Crippen LogP contribution in [0.3, 0.4) is 0 Å². The van der Waals surface area contributed by atoms with E-state index in [4.69, 9.17) is 16.3 Å². The van der Waals surface area contributed by atoms with Crippen molar-refractivity contribution < 1.29 is 13.9 Å². The number of halogens is 2. The normalized spacial score (nSPS) is 10.2. The second-order valence-corrected chi connectivity index (χ2v) is 5.12. The number of aryl methyl sites for hydroxylation is 1. The number of hydrogen-bond acceptors (Lipinski definition) is 3. The number of nitrogens with one attached hydrogen (secondary N) is 2. The molecule has 0 spiro atoms. The molecule has 4 nitrogen and oxygen atoms in total. The molecule has 2 aromatic carbocycles. The zero-order valence-electron chi connectivity index (χ0n) is 12.2. The maximum Gasteiger partial charge on any atom is 0.243 e. The van der Waals surface area contributed by atoms with Gasteiger partial charge in [-0.15, -0.1) is 0 Å². The molecule has 0 aliphatic rings. The van der Waals surface area contributed by atoms with Gasteiger partial charge < -0.3 is 15.4 Å². The molecule has 2 rings (SSSR count). The first-order valence-electron chi connectivity index (χ1n) is 6.63. The lowest BCUT2D eigenvalue weighted by Gasteiger charge is -2.13. The summed E-state index contributed by atoms with van der Waals surface area (Å²) >= 11 is 6.03. The number of anilines is 2.